The van der Waals surface area contributed by atoms with E-state index in [4.69, 9.17) is 21.1 Å². The zero-order valence-electron chi connectivity index (χ0n) is 17.5. The van der Waals surface area contributed by atoms with Crippen LogP contribution in [0.5, 0.6) is 11.5 Å². The SMILES string of the molecule is CS(=O)(=O)N(CCCC(=O)NCCSCc1c(F)cccc1Cl)c1ccc2c(c1)OCO2. The van der Waals surface area contributed by atoms with Gasteiger partial charge in [0.1, 0.15) is 5.82 Å². The fraction of sp³-hybridized carbons (Fsp3) is 0.381. The molecule has 2 aromatic rings. The molecule has 0 unspecified atom stereocenters. The van der Waals surface area contributed by atoms with E-state index in [-0.39, 0.29) is 31.5 Å². The Morgan fingerprint density at radius 1 is 1.25 bits per heavy atom. The lowest BCUT2D eigenvalue weighted by molar-refractivity contribution is -0.121. The van der Waals surface area contributed by atoms with Crippen LogP contribution in [-0.2, 0) is 20.6 Å². The molecule has 11 heteroatoms. The summed E-state index contributed by atoms with van der Waals surface area (Å²) in [6.45, 7) is 0.684. The van der Waals surface area contributed by atoms with Crippen LogP contribution in [0.3, 0.4) is 0 Å². The molecule has 0 aliphatic carbocycles. The first kappa shape index (κ1) is 24.5. The molecule has 2 aromatic carbocycles. The second-order valence-corrected chi connectivity index (χ2v) is 10.5. The maximum absolute atomic E-state index is 13.7. The molecule has 174 valence electrons. The molecule has 0 atom stereocenters. The largest absolute Gasteiger partial charge is 0.454 e. The molecule has 0 saturated carbocycles. The normalized spacial score (nSPS) is 12.6. The van der Waals surface area contributed by atoms with Crippen LogP contribution < -0.4 is 19.1 Å². The van der Waals surface area contributed by atoms with Crippen LogP contribution in [0.4, 0.5) is 10.1 Å². The van der Waals surface area contributed by atoms with Crippen molar-refractivity contribution >= 4 is 45.0 Å². The topological polar surface area (TPSA) is 84.9 Å². The van der Waals surface area contributed by atoms with E-state index < -0.39 is 10.0 Å². The lowest BCUT2D eigenvalue weighted by Gasteiger charge is -2.22. The highest BCUT2D eigenvalue weighted by molar-refractivity contribution is 7.98. The average Bonchev–Trinajstić information content (AvgIpc) is 3.19. The van der Waals surface area contributed by atoms with E-state index in [0.717, 1.165) is 6.26 Å². The Bertz CT molecular complexity index is 1050. The molecule has 0 radical (unpaired) electrons. The van der Waals surface area contributed by atoms with Crippen molar-refractivity contribution < 1.29 is 27.1 Å². The molecule has 0 bridgehead atoms. The van der Waals surface area contributed by atoms with E-state index in [1.165, 1.54) is 22.1 Å². The second-order valence-electron chi connectivity index (χ2n) is 7.08. The summed E-state index contributed by atoms with van der Waals surface area (Å²) in [7, 11) is -3.53. The molecular weight excluding hydrogens is 479 g/mol. The number of nitrogens with one attached hydrogen (secondary N) is 1. The zero-order chi connectivity index (χ0) is 23.1. The number of amides is 1. The number of ether oxygens (including phenoxy) is 2. The summed E-state index contributed by atoms with van der Waals surface area (Å²) in [6.07, 6.45) is 1.66. The van der Waals surface area contributed by atoms with Gasteiger partial charge in [-0.15, -0.1) is 0 Å². The second kappa shape index (κ2) is 11.1. The number of nitrogens with zero attached hydrogens (tertiary/aromatic N) is 1. The average molecular weight is 503 g/mol. The van der Waals surface area contributed by atoms with Gasteiger partial charge < -0.3 is 14.8 Å². The molecule has 0 saturated heterocycles. The van der Waals surface area contributed by atoms with Crippen molar-refractivity contribution in [2.45, 2.75) is 18.6 Å². The van der Waals surface area contributed by atoms with Crippen molar-refractivity contribution in [3.05, 3.63) is 52.8 Å². The van der Waals surface area contributed by atoms with Crippen molar-refractivity contribution in [3.63, 3.8) is 0 Å². The number of thioether (sulfide) groups is 1. The molecule has 0 aromatic heterocycles. The molecule has 1 heterocycles. The number of anilines is 1. The lowest BCUT2D eigenvalue weighted by Crippen LogP contribution is -2.32. The van der Waals surface area contributed by atoms with Crippen LogP contribution in [0, 0.1) is 5.82 Å². The van der Waals surface area contributed by atoms with Gasteiger partial charge in [0.2, 0.25) is 22.7 Å². The smallest absolute Gasteiger partial charge is 0.232 e. The molecule has 1 aliphatic heterocycles. The van der Waals surface area contributed by atoms with Gasteiger partial charge in [0, 0.05) is 47.7 Å². The van der Waals surface area contributed by atoms with Crippen molar-refractivity contribution in [2.75, 3.05) is 36.2 Å². The van der Waals surface area contributed by atoms with E-state index in [9.17, 15) is 17.6 Å². The fourth-order valence-electron chi connectivity index (χ4n) is 3.11. The van der Waals surface area contributed by atoms with Gasteiger partial charge >= 0.3 is 0 Å². The predicted molar refractivity (Wildman–Crippen MR) is 125 cm³/mol. The molecule has 1 N–H and O–H groups in total. The van der Waals surface area contributed by atoms with Crippen molar-refractivity contribution in [1.29, 1.82) is 0 Å². The summed E-state index contributed by atoms with van der Waals surface area (Å²) < 4.78 is 50.0. The minimum absolute atomic E-state index is 0.101. The van der Waals surface area contributed by atoms with Crippen LogP contribution >= 0.6 is 23.4 Å². The molecule has 3 rings (SSSR count). The third kappa shape index (κ3) is 6.66. The number of benzene rings is 2. The van der Waals surface area contributed by atoms with Crippen LogP contribution in [0.1, 0.15) is 18.4 Å². The summed E-state index contributed by atoms with van der Waals surface area (Å²) in [6, 6.07) is 9.49. The Labute approximate surface area is 196 Å². The molecule has 1 amide bonds. The predicted octanol–water partition coefficient (Wildman–Crippen LogP) is 3.80. The Balaban J connectivity index is 1.41. The Hall–Kier alpha value is -2.17. The highest BCUT2D eigenvalue weighted by Gasteiger charge is 2.21. The summed E-state index contributed by atoms with van der Waals surface area (Å²) in [5.41, 5.74) is 0.912. The Morgan fingerprint density at radius 2 is 2.03 bits per heavy atom. The van der Waals surface area contributed by atoms with Crippen LogP contribution in [0.2, 0.25) is 5.02 Å². The first-order chi connectivity index (χ1) is 15.3. The highest BCUT2D eigenvalue weighted by Crippen LogP contribution is 2.36. The van der Waals surface area contributed by atoms with E-state index in [2.05, 4.69) is 5.32 Å². The van der Waals surface area contributed by atoms with Gasteiger partial charge in [-0.1, -0.05) is 17.7 Å². The minimum atomic E-state index is -3.53. The van der Waals surface area contributed by atoms with Crippen molar-refractivity contribution in [3.8, 4) is 11.5 Å². The molecule has 1 aliphatic rings. The molecular formula is C21H24ClFN2O5S2. The molecule has 0 spiro atoms. The number of carbonyl (C=O) groups excluding carboxylic acids is 1. The molecule has 32 heavy (non-hydrogen) atoms. The number of halogens is 2. The van der Waals surface area contributed by atoms with Gasteiger partial charge in [0.25, 0.3) is 0 Å². The number of hydrogen-bond acceptors (Lipinski definition) is 6. The van der Waals surface area contributed by atoms with Crippen LogP contribution in [0.25, 0.3) is 0 Å². The van der Waals surface area contributed by atoms with Gasteiger partial charge in [0.05, 0.1) is 11.9 Å². The summed E-state index contributed by atoms with van der Waals surface area (Å²) in [4.78, 5) is 12.1. The number of rotatable bonds is 11. The fourth-order valence-corrected chi connectivity index (χ4v) is 5.26. The standard InChI is InChI=1S/C21H24ClFN2O5S2/c1-32(27,28)25(15-7-8-19-20(12-15)30-14-29-19)10-3-6-21(26)24-9-11-31-13-16-17(22)4-2-5-18(16)23/h2,4-5,7-8,12H,3,6,9-11,13-14H2,1H3,(H,24,26). The first-order valence-electron chi connectivity index (χ1n) is 9.90. The molecule has 0 fully saturated rings. The summed E-state index contributed by atoms with van der Waals surface area (Å²) in [5, 5.41) is 3.18. The maximum Gasteiger partial charge on any atom is 0.232 e. The first-order valence-corrected chi connectivity index (χ1v) is 13.3. The highest BCUT2D eigenvalue weighted by atomic mass is 35.5. The number of hydrogen-bond donors (Lipinski definition) is 1. The van der Waals surface area contributed by atoms with Crippen LogP contribution in [-0.4, -0.2) is 46.2 Å². The van der Waals surface area contributed by atoms with E-state index in [1.54, 1.807) is 30.3 Å². The molecule has 7 nitrogen and oxygen atoms in total. The van der Waals surface area contributed by atoms with E-state index in [0.29, 0.717) is 52.2 Å². The maximum atomic E-state index is 13.7. The minimum Gasteiger partial charge on any atom is -0.454 e. The Kier molecular flexibility index (Phi) is 8.50. The van der Waals surface area contributed by atoms with Gasteiger partial charge in [-0.2, -0.15) is 11.8 Å². The summed E-state index contributed by atoms with van der Waals surface area (Å²) in [5.74, 6) is 1.56. The third-order valence-corrected chi connectivity index (χ3v) is 7.22. The monoisotopic (exact) mass is 502 g/mol. The van der Waals surface area contributed by atoms with E-state index >= 15 is 0 Å². The Morgan fingerprint density at radius 3 is 2.78 bits per heavy atom. The van der Waals surface area contributed by atoms with Gasteiger partial charge in [-0.05, 0) is 30.7 Å². The lowest BCUT2D eigenvalue weighted by atomic mass is 10.2. The van der Waals surface area contributed by atoms with Gasteiger partial charge in [0.15, 0.2) is 11.5 Å². The number of carbonyl (C=O) groups is 1. The number of sulfonamides is 1. The zero-order valence-corrected chi connectivity index (χ0v) is 19.9. The third-order valence-electron chi connectivity index (χ3n) is 4.69. The van der Waals surface area contributed by atoms with Crippen molar-refractivity contribution in [1.82, 2.24) is 5.32 Å². The van der Waals surface area contributed by atoms with E-state index in [1.807, 2.05) is 0 Å². The van der Waals surface area contributed by atoms with Gasteiger partial charge in [-0.25, -0.2) is 12.8 Å². The van der Waals surface area contributed by atoms with Gasteiger partial charge in [-0.3, -0.25) is 9.10 Å². The van der Waals surface area contributed by atoms with Crippen molar-refractivity contribution in [2.24, 2.45) is 0 Å². The van der Waals surface area contributed by atoms with Crippen LogP contribution in [0.15, 0.2) is 36.4 Å². The quantitative estimate of drug-likeness (QED) is 0.470. The summed E-state index contributed by atoms with van der Waals surface area (Å²) >= 11 is 7.46. The number of fused-ring (bicyclic) bond motifs is 1.